The highest BCUT2D eigenvalue weighted by atomic mass is 79.9. The maximum absolute atomic E-state index is 12.1. The first-order chi connectivity index (χ1) is 7.18. The molecule has 1 saturated heterocycles. The summed E-state index contributed by atoms with van der Waals surface area (Å²) in [4.78, 5) is 13.9. The van der Waals surface area contributed by atoms with Gasteiger partial charge in [-0.25, -0.2) is 0 Å². The molecule has 0 N–H and O–H groups in total. The van der Waals surface area contributed by atoms with Crippen molar-refractivity contribution in [1.82, 2.24) is 9.47 Å². The standard InChI is InChI=1S/C10H13BrN2O2/c1-12-7-8(11)6-9(12)10(14)13-2-4-15-5-3-13/h6-7H,2-5H2,1H3. The fourth-order valence-corrected chi connectivity index (χ4v) is 2.19. The van der Waals surface area contributed by atoms with E-state index in [1.807, 2.05) is 28.8 Å². The Balaban J connectivity index is 2.16. The fraction of sp³-hybridized carbons (Fsp3) is 0.500. The van der Waals surface area contributed by atoms with Crippen LogP contribution in [0.4, 0.5) is 0 Å². The molecule has 2 rings (SSSR count). The van der Waals surface area contributed by atoms with E-state index in [2.05, 4.69) is 15.9 Å². The van der Waals surface area contributed by atoms with E-state index < -0.39 is 0 Å². The predicted octanol–water partition coefficient (Wildman–Crippen LogP) is 1.26. The zero-order valence-corrected chi connectivity index (χ0v) is 10.2. The molecule has 0 unspecified atom stereocenters. The maximum atomic E-state index is 12.1. The average molecular weight is 273 g/mol. The van der Waals surface area contributed by atoms with E-state index in [1.165, 1.54) is 0 Å². The Morgan fingerprint density at radius 3 is 2.67 bits per heavy atom. The third kappa shape index (κ3) is 2.23. The number of amides is 1. The molecule has 1 fully saturated rings. The van der Waals surface area contributed by atoms with Gasteiger partial charge in [0, 0.05) is 30.8 Å². The second kappa shape index (κ2) is 4.37. The molecule has 5 heteroatoms. The predicted molar refractivity (Wildman–Crippen MR) is 59.8 cm³/mol. The molecule has 0 aliphatic carbocycles. The van der Waals surface area contributed by atoms with Gasteiger partial charge in [-0.1, -0.05) is 0 Å². The van der Waals surface area contributed by atoms with E-state index in [0.717, 1.165) is 4.47 Å². The van der Waals surface area contributed by atoms with Gasteiger partial charge in [0.25, 0.3) is 5.91 Å². The number of carbonyl (C=O) groups is 1. The number of nitrogens with zero attached hydrogens (tertiary/aromatic N) is 2. The van der Waals surface area contributed by atoms with Crippen LogP contribution >= 0.6 is 15.9 Å². The van der Waals surface area contributed by atoms with Crippen molar-refractivity contribution in [2.45, 2.75) is 0 Å². The van der Waals surface area contributed by atoms with E-state index in [-0.39, 0.29) is 5.91 Å². The second-order valence-corrected chi connectivity index (χ2v) is 4.47. The summed E-state index contributed by atoms with van der Waals surface area (Å²) >= 11 is 3.36. The Labute approximate surface area is 96.9 Å². The SMILES string of the molecule is Cn1cc(Br)cc1C(=O)N1CCOCC1. The van der Waals surface area contributed by atoms with Crippen molar-refractivity contribution in [2.24, 2.45) is 7.05 Å². The Bertz CT molecular complexity index is 369. The highest BCUT2D eigenvalue weighted by Crippen LogP contribution is 2.15. The molecule has 0 bridgehead atoms. The highest BCUT2D eigenvalue weighted by molar-refractivity contribution is 9.10. The topological polar surface area (TPSA) is 34.5 Å². The number of hydrogen-bond donors (Lipinski definition) is 0. The van der Waals surface area contributed by atoms with Gasteiger partial charge in [0.1, 0.15) is 5.69 Å². The van der Waals surface area contributed by atoms with Crippen LogP contribution in [0.5, 0.6) is 0 Å². The molecular formula is C10H13BrN2O2. The summed E-state index contributed by atoms with van der Waals surface area (Å²) in [6.07, 6.45) is 1.88. The Morgan fingerprint density at radius 2 is 2.13 bits per heavy atom. The van der Waals surface area contributed by atoms with Crippen molar-refractivity contribution in [1.29, 1.82) is 0 Å². The molecule has 4 nitrogen and oxygen atoms in total. The number of rotatable bonds is 1. The van der Waals surface area contributed by atoms with Crippen LogP contribution in [0.15, 0.2) is 16.7 Å². The van der Waals surface area contributed by atoms with Gasteiger partial charge in [0.2, 0.25) is 0 Å². The molecule has 2 heterocycles. The Kier molecular flexibility index (Phi) is 3.11. The summed E-state index contributed by atoms with van der Waals surface area (Å²) in [5, 5.41) is 0. The van der Waals surface area contributed by atoms with Gasteiger partial charge >= 0.3 is 0 Å². The summed E-state index contributed by atoms with van der Waals surface area (Å²) in [7, 11) is 1.87. The molecule has 15 heavy (non-hydrogen) atoms. The lowest BCUT2D eigenvalue weighted by Crippen LogP contribution is -2.41. The minimum Gasteiger partial charge on any atom is -0.378 e. The summed E-state index contributed by atoms with van der Waals surface area (Å²) in [6, 6.07) is 1.85. The Hall–Kier alpha value is -0.810. The van der Waals surface area contributed by atoms with E-state index in [4.69, 9.17) is 4.74 Å². The van der Waals surface area contributed by atoms with Crippen molar-refractivity contribution < 1.29 is 9.53 Å². The number of aromatic nitrogens is 1. The molecule has 0 aromatic carbocycles. The van der Waals surface area contributed by atoms with Gasteiger partial charge < -0.3 is 14.2 Å². The largest absolute Gasteiger partial charge is 0.378 e. The third-order valence-corrected chi connectivity index (χ3v) is 2.92. The molecule has 1 aromatic heterocycles. The lowest BCUT2D eigenvalue weighted by molar-refractivity contribution is 0.0296. The first kappa shape index (κ1) is 10.7. The zero-order valence-electron chi connectivity index (χ0n) is 8.57. The van der Waals surface area contributed by atoms with Crippen LogP contribution in [0, 0.1) is 0 Å². The van der Waals surface area contributed by atoms with Gasteiger partial charge in [0.05, 0.1) is 13.2 Å². The lowest BCUT2D eigenvalue weighted by atomic mass is 10.3. The minimum atomic E-state index is 0.0755. The number of ether oxygens (including phenoxy) is 1. The number of morpholine rings is 1. The van der Waals surface area contributed by atoms with Crippen LogP contribution < -0.4 is 0 Å². The van der Waals surface area contributed by atoms with Crippen LogP contribution in [-0.4, -0.2) is 41.7 Å². The summed E-state index contributed by atoms with van der Waals surface area (Å²) in [5.41, 5.74) is 0.712. The second-order valence-electron chi connectivity index (χ2n) is 3.56. The van der Waals surface area contributed by atoms with Crippen LogP contribution in [0.1, 0.15) is 10.5 Å². The molecule has 1 amide bonds. The maximum Gasteiger partial charge on any atom is 0.270 e. The first-order valence-corrected chi connectivity index (χ1v) is 5.66. The number of hydrogen-bond acceptors (Lipinski definition) is 2. The smallest absolute Gasteiger partial charge is 0.270 e. The van der Waals surface area contributed by atoms with Crippen molar-refractivity contribution in [3.63, 3.8) is 0 Å². The summed E-state index contributed by atoms with van der Waals surface area (Å²) in [6.45, 7) is 2.64. The molecule has 0 spiro atoms. The van der Waals surface area contributed by atoms with Gasteiger partial charge in [-0.3, -0.25) is 4.79 Å². The Morgan fingerprint density at radius 1 is 1.47 bits per heavy atom. The molecule has 1 aliphatic heterocycles. The van der Waals surface area contributed by atoms with Gasteiger partial charge in [-0.15, -0.1) is 0 Å². The normalized spacial score (nSPS) is 16.8. The molecule has 0 radical (unpaired) electrons. The average Bonchev–Trinajstić information content (AvgIpc) is 2.58. The molecular weight excluding hydrogens is 260 g/mol. The van der Waals surface area contributed by atoms with Crippen LogP contribution in [0.25, 0.3) is 0 Å². The number of halogens is 1. The molecule has 1 aromatic rings. The first-order valence-electron chi connectivity index (χ1n) is 4.87. The van der Waals surface area contributed by atoms with Gasteiger partial charge in [0.15, 0.2) is 0 Å². The van der Waals surface area contributed by atoms with Crippen LogP contribution in [0.2, 0.25) is 0 Å². The van der Waals surface area contributed by atoms with Crippen molar-refractivity contribution in [2.75, 3.05) is 26.3 Å². The summed E-state index contributed by atoms with van der Waals surface area (Å²) in [5.74, 6) is 0.0755. The van der Waals surface area contributed by atoms with Crippen LogP contribution in [-0.2, 0) is 11.8 Å². The minimum absolute atomic E-state index is 0.0755. The molecule has 1 aliphatic rings. The fourth-order valence-electron chi connectivity index (χ4n) is 1.67. The zero-order chi connectivity index (χ0) is 10.8. The third-order valence-electron chi connectivity index (χ3n) is 2.49. The molecule has 0 atom stereocenters. The molecule has 82 valence electrons. The van der Waals surface area contributed by atoms with Crippen molar-refractivity contribution in [3.8, 4) is 0 Å². The lowest BCUT2D eigenvalue weighted by Gasteiger charge is -2.26. The van der Waals surface area contributed by atoms with E-state index >= 15 is 0 Å². The molecule has 0 saturated carbocycles. The monoisotopic (exact) mass is 272 g/mol. The number of aryl methyl sites for hydroxylation is 1. The number of carbonyl (C=O) groups excluding carboxylic acids is 1. The quantitative estimate of drug-likeness (QED) is 0.772. The van der Waals surface area contributed by atoms with E-state index in [1.54, 1.807) is 0 Å². The summed E-state index contributed by atoms with van der Waals surface area (Å²) < 4.78 is 7.98. The van der Waals surface area contributed by atoms with E-state index in [9.17, 15) is 4.79 Å². The highest BCUT2D eigenvalue weighted by Gasteiger charge is 2.20. The van der Waals surface area contributed by atoms with Crippen molar-refractivity contribution >= 4 is 21.8 Å². The van der Waals surface area contributed by atoms with Gasteiger partial charge in [-0.05, 0) is 22.0 Å². The van der Waals surface area contributed by atoms with E-state index in [0.29, 0.717) is 32.0 Å². The van der Waals surface area contributed by atoms with Crippen LogP contribution in [0.3, 0.4) is 0 Å². The van der Waals surface area contributed by atoms with Gasteiger partial charge in [-0.2, -0.15) is 0 Å². The van der Waals surface area contributed by atoms with Crippen molar-refractivity contribution in [3.05, 3.63) is 22.4 Å².